The van der Waals surface area contributed by atoms with Crippen LogP contribution in [0.25, 0.3) is 10.8 Å². The molecule has 0 spiro atoms. The van der Waals surface area contributed by atoms with Crippen molar-refractivity contribution in [1.29, 1.82) is 0 Å². The van der Waals surface area contributed by atoms with Crippen molar-refractivity contribution >= 4 is 28.4 Å². The van der Waals surface area contributed by atoms with Crippen LogP contribution in [0.15, 0.2) is 47.6 Å². The molecule has 0 radical (unpaired) electrons. The van der Waals surface area contributed by atoms with E-state index in [2.05, 4.69) is 34.5 Å². The van der Waals surface area contributed by atoms with Gasteiger partial charge in [0, 0.05) is 19.5 Å². The second-order valence-electron chi connectivity index (χ2n) is 7.58. The molecule has 2 aromatic carbocycles. The number of aromatic nitrogens is 3. The van der Waals surface area contributed by atoms with E-state index >= 15 is 0 Å². The predicted octanol–water partition coefficient (Wildman–Crippen LogP) is 3.62. The minimum atomic E-state index is -0.231. The van der Waals surface area contributed by atoms with Gasteiger partial charge in [-0.15, -0.1) is 10.2 Å². The van der Waals surface area contributed by atoms with Gasteiger partial charge >= 0.3 is 0 Å². The first kappa shape index (κ1) is 19.8. The SMILES string of the molecule is C[C@@H](Sc1nnc(Cc2cccc3ccccc23)n1N)C(=O)N1CCCCCC1. The minimum Gasteiger partial charge on any atom is -0.342 e. The number of nitrogens with two attached hydrogens (primary N) is 1. The van der Waals surface area contributed by atoms with Crippen molar-refractivity contribution in [3.8, 4) is 0 Å². The van der Waals surface area contributed by atoms with Gasteiger partial charge in [0.2, 0.25) is 11.1 Å². The Morgan fingerprint density at radius 1 is 1.07 bits per heavy atom. The zero-order valence-electron chi connectivity index (χ0n) is 16.8. The lowest BCUT2D eigenvalue weighted by Crippen LogP contribution is -2.37. The molecule has 0 saturated carbocycles. The first-order chi connectivity index (χ1) is 14.1. The van der Waals surface area contributed by atoms with E-state index in [1.807, 2.05) is 30.0 Å². The Kier molecular flexibility index (Phi) is 6.04. The second kappa shape index (κ2) is 8.86. The molecule has 0 unspecified atom stereocenters. The second-order valence-corrected chi connectivity index (χ2v) is 8.89. The summed E-state index contributed by atoms with van der Waals surface area (Å²) in [4.78, 5) is 14.8. The summed E-state index contributed by atoms with van der Waals surface area (Å²) >= 11 is 1.39. The molecule has 1 saturated heterocycles. The highest BCUT2D eigenvalue weighted by atomic mass is 32.2. The number of benzene rings is 2. The number of thioether (sulfide) groups is 1. The molecule has 1 aliphatic heterocycles. The molecule has 4 rings (SSSR count). The maximum Gasteiger partial charge on any atom is 0.235 e. The van der Waals surface area contributed by atoms with Crippen molar-refractivity contribution in [3.63, 3.8) is 0 Å². The van der Waals surface area contributed by atoms with Gasteiger partial charge < -0.3 is 10.7 Å². The van der Waals surface area contributed by atoms with Gasteiger partial charge in [0.15, 0.2) is 5.82 Å². The van der Waals surface area contributed by atoms with Crippen LogP contribution >= 0.6 is 11.8 Å². The number of hydrogen-bond acceptors (Lipinski definition) is 5. The lowest BCUT2D eigenvalue weighted by molar-refractivity contribution is -0.130. The number of amides is 1. The van der Waals surface area contributed by atoms with E-state index in [1.54, 1.807) is 0 Å². The molecule has 1 aromatic heterocycles. The molecule has 2 N–H and O–H groups in total. The summed E-state index contributed by atoms with van der Waals surface area (Å²) in [6.45, 7) is 3.63. The molecular weight excluding hydrogens is 382 g/mol. The smallest absolute Gasteiger partial charge is 0.235 e. The lowest BCUT2D eigenvalue weighted by Gasteiger charge is -2.23. The summed E-state index contributed by atoms with van der Waals surface area (Å²) in [5, 5.41) is 11.3. The van der Waals surface area contributed by atoms with Crippen LogP contribution in [0.4, 0.5) is 0 Å². The number of carbonyl (C=O) groups is 1. The molecule has 0 aliphatic carbocycles. The van der Waals surface area contributed by atoms with Gasteiger partial charge in [-0.05, 0) is 36.1 Å². The fourth-order valence-electron chi connectivity index (χ4n) is 3.88. The van der Waals surface area contributed by atoms with Crippen molar-refractivity contribution in [1.82, 2.24) is 19.8 Å². The Bertz CT molecular complexity index is 989. The molecule has 1 amide bonds. The van der Waals surface area contributed by atoms with Crippen molar-refractivity contribution < 1.29 is 4.79 Å². The zero-order chi connectivity index (χ0) is 20.2. The van der Waals surface area contributed by atoms with Crippen LogP contribution in [0.1, 0.15) is 44.0 Å². The predicted molar refractivity (Wildman–Crippen MR) is 117 cm³/mol. The minimum absolute atomic E-state index is 0.163. The van der Waals surface area contributed by atoms with Crippen molar-refractivity contribution in [2.75, 3.05) is 18.9 Å². The third-order valence-electron chi connectivity index (χ3n) is 5.51. The Labute approximate surface area is 175 Å². The van der Waals surface area contributed by atoms with E-state index in [1.165, 1.54) is 40.1 Å². The number of fused-ring (bicyclic) bond motifs is 1. The summed E-state index contributed by atoms with van der Waals surface area (Å²) in [5.41, 5.74) is 1.16. The quantitative estimate of drug-likeness (QED) is 0.514. The Hall–Kier alpha value is -2.54. The van der Waals surface area contributed by atoms with Crippen LogP contribution in [-0.2, 0) is 11.2 Å². The maximum atomic E-state index is 12.8. The Balaban J connectivity index is 1.47. The van der Waals surface area contributed by atoms with Crippen molar-refractivity contribution in [3.05, 3.63) is 53.9 Å². The third-order valence-corrected chi connectivity index (χ3v) is 6.56. The summed E-state index contributed by atoms with van der Waals surface area (Å²) in [5.74, 6) is 7.15. The van der Waals surface area contributed by atoms with E-state index < -0.39 is 0 Å². The van der Waals surface area contributed by atoms with E-state index in [9.17, 15) is 4.79 Å². The topological polar surface area (TPSA) is 77.0 Å². The largest absolute Gasteiger partial charge is 0.342 e. The van der Waals surface area contributed by atoms with Gasteiger partial charge in [0.25, 0.3) is 0 Å². The van der Waals surface area contributed by atoms with Crippen LogP contribution in [0, 0.1) is 0 Å². The zero-order valence-corrected chi connectivity index (χ0v) is 17.6. The fourth-order valence-corrected chi connectivity index (χ4v) is 4.75. The van der Waals surface area contributed by atoms with Crippen LogP contribution in [0.3, 0.4) is 0 Å². The monoisotopic (exact) mass is 409 g/mol. The van der Waals surface area contributed by atoms with Crippen LogP contribution in [0.5, 0.6) is 0 Å². The van der Waals surface area contributed by atoms with Gasteiger partial charge in [-0.3, -0.25) is 4.79 Å². The van der Waals surface area contributed by atoms with Crippen LogP contribution in [0.2, 0.25) is 0 Å². The number of hydrogen-bond donors (Lipinski definition) is 1. The van der Waals surface area contributed by atoms with E-state index in [0.717, 1.165) is 31.5 Å². The van der Waals surface area contributed by atoms with Crippen molar-refractivity contribution in [2.45, 2.75) is 49.4 Å². The summed E-state index contributed by atoms with van der Waals surface area (Å²) in [7, 11) is 0. The molecule has 29 heavy (non-hydrogen) atoms. The standard InChI is InChI=1S/C22H27N5OS/c1-16(21(28)26-13-6-2-3-7-14-26)29-22-25-24-20(27(22)23)15-18-11-8-10-17-9-4-5-12-19(17)18/h4-5,8-12,16H,2-3,6-7,13-15,23H2,1H3/t16-/m1/s1. The van der Waals surface area contributed by atoms with Crippen molar-refractivity contribution in [2.24, 2.45) is 0 Å². The van der Waals surface area contributed by atoms with Gasteiger partial charge in [-0.2, -0.15) is 0 Å². The van der Waals surface area contributed by atoms with E-state index in [0.29, 0.717) is 17.4 Å². The number of rotatable bonds is 5. The highest BCUT2D eigenvalue weighted by Crippen LogP contribution is 2.25. The number of nitrogen functional groups attached to an aromatic ring is 1. The van der Waals surface area contributed by atoms with Gasteiger partial charge in [0.1, 0.15) is 0 Å². The van der Waals surface area contributed by atoms with Gasteiger partial charge in [-0.25, -0.2) is 4.68 Å². The highest BCUT2D eigenvalue weighted by Gasteiger charge is 2.24. The first-order valence-electron chi connectivity index (χ1n) is 10.2. The van der Waals surface area contributed by atoms with Crippen LogP contribution < -0.4 is 5.84 Å². The fraction of sp³-hybridized carbons (Fsp3) is 0.409. The Morgan fingerprint density at radius 2 is 1.79 bits per heavy atom. The van der Waals surface area contributed by atoms with Crippen LogP contribution in [-0.4, -0.2) is 44.0 Å². The van der Waals surface area contributed by atoms with Gasteiger partial charge in [-0.1, -0.05) is 67.1 Å². The van der Waals surface area contributed by atoms with Gasteiger partial charge in [0.05, 0.1) is 5.25 Å². The molecule has 7 heteroatoms. The van der Waals surface area contributed by atoms with E-state index in [4.69, 9.17) is 5.84 Å². The molecule has 1 aliphatic rings. The molecular formula is C22H27N5OS. The lowest BCUT2D eigenvalue weighted by atomic mass is 10.0. The normalized spacial score (nSPS) is 16.0. The number of nitrogens with zero attached hydrogens (tertiary/aromatic N) is 4. The summed E-state index contributed by atoms with van der Waals surface area (Å²) < 4.78 is 1.53. The number of carbonyl (C=O) groups excluding carboxylic acids is 1. The molecule has 6 nitrogen and oxygen atoms in total. The molecule has 152 valence electrons. The van der Waals surface area contributed by atoms with E-state index in [-0.39, 0.29) is 11.2 Å². The molecule has 3 aromatic rings. The molecule has 1 atom stereocenters. The first-order valence-corrected chi connectivity index (χ1v) is 11.1. The average molecular weight is 410 g/mol. The molecule has 2 heterocycles. The third kappa shape index (κ3) is 4.40. The molecule has 0 bridgehead atoms. The average Bonchev–Trinajstić information content (AvgIpc) is 2.94. The molecule has 1 fully saturated rings. The highest BCUT2D eigenvalue weighted by molar-refractivity contribution is 8.00. The summed E-state index contributed by atoms with van der Waals surface area (Å²) in [6.07, 6.45) is 5.19. The Morgan fingerprint density at radius 3 is 2.59 bits per heavy atom. The maximum absolute atomic E-state index is 12.8. The number of likely N-dealkylation sites (tertiary alicyclic amines) is 1. The summed E-state index contributed by atoms with van der Waals surface area (Å²) in [6, 6.07) is 14.5.